The first-order chi connectivity index (χ1) is 20.2. The Hall–Kier alpha value is -3.79. The molecule has 42 heavy (non-hydrogen) atoms. The Morgan fingerprint density at radius 3 is 2.48 bits per heavy atom. The molecule has 1 aliphatic rings. The van der Waals surface area contributed by atoms with E-state index in [2.05, 4.69) is 46.4 Å². The molecular weight excluding hydrogens is 570 g/mol. The van der Waals surface area contributed by atoms with Gasteiger partial charge in [0.25, 0.3) is 5.91 Å². The third-order valence-electron chi connectivity index (χ3n) is 7.71. The summed E-state index contributed by atoms with van der Waals surface area (Å²) in [7, 11) is -3.75. The maximum absolute atomic E-state index is 13.4. The van der Waals surface area contributed by atoms with E-state index in [1.54, 1.807) is 18.3 Å². The first-order valence-electron chi connectivity index (χ1n) is 14.0. The van der Waals surface area contributed by atoms with Crippen LogP contribution in [-0.2, 0) is 29.3 Å². The summed E-state index contributed by atoms with van der Waals surface area (Å²) in [4.78, 5) is 25.3. The normalized spacial score (nSPS) is 15.1. The molecule has 3 aromatic carbocycles. The molecule has 5 rings (SSSR count). The summed E-state index contributed by atoms with van der Waals surface area (Å²) in [5.74, 6) is 0.386. The van der Waals surface area contributed by atoms with Crippen molar-refractivity contribution in [1.29, 1.82) is 0 Å². The predicted octanol–water partition coefficient (Wildman–Crippen LogP) is 5.19. The number of aryl methyl sites for hydroxylation is 3. The number of hydrogen-bond donors (Lipinski definition) is 2. The first-order valence-corrected chi connectivity index (χ1v) is 15.9. The van der Waals surface area contributed by atoms with Gasteiger partial charge in [-0.1, -0.05) is 60.1 Å². The van der Waals surface area contributed by atoms with Crippen molar-refractivity contribution >= 4 is 33.5 Å². The molecule has 218 valence electrons. The number of nitrogens with zero attached hydrogens (tertiary/aromatic N) is 3. The van der Waals surface area contributed by atoms with Gasteiger partial charge in [-0.2, -0.15) is 0 Å². The maximum atomic E-state index is 13.4. The van der Waals surface area contributed by atoms with E-state index in [1.807, 2.05) is 24.3 Å². The lowest BCUT2D eigenvalue weighted by molar-refractivity contribution is 0.0952. The lowest BCUT2D eigenvalue weighted by Gasteiger charge is -2.26. The molecule has 0 unspecified atom stereocenters. The summed E-state index contributed by atoms with van der Waals surface area (Å²) in [6.45, 7) is 3.29. The Kier molecular flexibility index (Phi) is 9.21. The van der Waals surface area contributed by atoms with Crippen molar-refractivity contribution in [3.63, 3.8) is 0 Å². The highest BCUT2D eigenvalue weighted by atomic mass is 35.5. The van der Waals surface area contributed by atoms with Crippen molar-refractivity contribution < 1.29 is 13.2 Å². The zero-order chi connectivity index (χ0) is 29.7. The molecule has 2 heterocycles. The third kappa shape index (κ3) is 7.15. The van der Waals surface area contributed by atoms with Gasteiger partial charge in [-0.25, -0.2) is 23.5 Å². The topological polar surface area (TPSA) is 118 Å². The van der Waals surface area contributed by atoms with Gasteiger partial charge in [0.2, 0.25) is 16.0 Å². The number of sulfonamides is 1. The summed E-state index contributed by atoms with van der Waals surface area (Å²) >= 11 is 6.13. The average Bonchev–Trinajstić information content (AvgIpc) is 3.47. The standard InChI is InChI=1S/C32H34ClN5O3S/c1-22-5-2-3-6-24(22)12-17-29-28(31(39)35-19-18-23-8-15-27(16-9-23)42(34,40)41)21-36-32(37-29)38-20-4-7-30(38)25-10-13-26(33)14-11-25/h2-3,5-6,8-11,13-16,21,30H,4,7,12,17-20H2,1H3,(H,35,39)(H2,34,40,41)/t30-/m0/s1. The zero-order valence-electron chi connectivity index (χ0n) is 23.5. The van der Waals surface area contributed by atoms with Gasteiger partial charge < -0.3 is 10.2 Å². The van der Waals surface area contributed by atoms with E-state index >= 15 is 0 Å². The minimum Gasteiger partial charge on any atom is -0.352 e. The van der Waals surface area contributed by atoms with Crippen molar-refractivity contribution in [2.75, 3.05) is 18.0 Å². The summed E-state index contributed by atoms with van der Waals surface area (Å²) in [6.07, 6.45) is 5.53. The highest BCUT2D eigenvalue weighted by molar-refractivity contribution is 7.89. The Labute approximate surface area is 252 Å². The van der Waals surface area contributed by atoms with Crippen LogP contribution in [0.1, 0.15) is 57.2 Å². The fourth-order valence-corrected chi connectivity index (χ4v) is 6.01. The Morgan fingerprint density at radius 2 is 1.76 bits per heavy atom. The second kappa shape index (κ2) is 13.0. The quantitative estimate of drug-likeness (QED) is 0.258. The monoisotopic (exact) mass is 603 g/mol. The number of primary sulfonamides is 1. The van der Waals surface area contributed by atoms with Gasteiger partial charge in [0.15, 0.2) is 0 Å². The van der Waals surface area contributed by atoms with Gasteiger partial charge in [-0.3, -0.25) is 4.79 Å². The highest BCUT2D eigenvalue weighted by Gasteiger charge is 2.29. The largest absolute Gasteiger partial charge is 0.352 e. The predicted molar refractivity (Wildman–Crippen MR) is 165 cm³/mol. The molecule has 0 radical (unpaired) electrons. The molecule has 0 bridgehead atoms. The van der Waals surface area contributed by atoms with Gasteiger partial charge in [0.1, 0.15) is 0 Å². The van der Waals surface area contributed by atoms with Crippen LogP contribution in [0.4, 0.5) is 5.95 Å². The van der Waals surface area contributed by atoms with Gasteiger partial charge >= 0.3 is 0 Å². The number of carbonyl (C=O) groups is 1. The molecule has 1 amide bonds. The highest BCUT2D eigenvalue weighted by Crippen LogP contribution is 2.35. The molecule has 0 saturated carbocycles. The SMILES string of the molecule is Cc1ccccc1CCc1nc(N2CCC[C@H]2c2ccc(Cl)cc2)ncc1C(=O)NCCc1ccc(S(N)(=O)=O)cc1. The second-order valence-corrected chi connectivity index (χ2v) is 12.6. The number of anilines is 1. The summed E-state index contributed by atoms with van der Waals surface area (Å²) in [5, 5.41) is 8.87. The lowest BCUT2D eigenvalue weighted by Crippen LogP contribution is -2.29. The molecule has 1 saturated heterocycles. The van der Waals surface area contributed by atoms with E-state index < -0.39 is 10.0 Å². The van der Waals surface area contributed by atoms with E-state index in [9.17, 15) is 13.2 Å². The molecule has 1 aromatic heterocycles. The number of hydrogen-bond acceptors (Lipinski definition) is 6. The molecule has 8 nitrogen and oxygen atoms in total. The average molecular weight is 604 g/mol. The van der Waals surface area contributed by atoms with E-state index in [4.69, 9.17) is 21.7 Å². The van der Waals surface area contributed by atoms with E-state index in [0.29, 0.717) is 41.6 Å². The molecule has 3 N–H and O–H groups in total. The van der Waals surface area contributed by atoms with E-state index in [0.717, 1.165) is 31.4 Å². The van der Waals surface area contributed by atoms with Crippen LogP contribution in [0.25, 0.3) is 0 Å². The molecule has 0 aliphatic carbocycles. The molecule has 1 atom stereocenters. The fraction of sp³-hybridized carbons (Fsp3) is 0.281. The Balaban J connectivity index is 1.35. The van der Waals surface area contributed by atoms with Gasteiger partial charge in [-0.05, 0) is 85.5 Å². The summed E-state index contributed by atoms with van der Waals surface area (Å²) in [5.41, 5.74) is 5.64. The van der Waals surface area contributed by atoms with Crippen LogP contribution in [0.15, 0.2) is 83.9 Å². The molecular formula is C32H34ClN5O3S. The van der Waals surface area contributed by atoms with Gasteiger partial charge in [0, 0.05) is 24.3 Å². The number of benzene rings is 3. The number of halogens is 1. The van der Waals surface area contributed by atoms with Crippen molar-refractivity contribution in [1.82, 2.24) is 15.3 Å². The van der Waals surface area contributed by atoms with Crippen LogP contribution >= 0.6 is 11.6 Å². The van der Waals surface area contributed by atoms with Crippen LogP contribution in [0.5, 0.6) is 0 Å². The molecule has 1 aliphatic heterocycles. The van der Waals surface area contributed by atoms with E-state index in [1.165, 1.54) is 28.8 Å². The van der Waals surface area contributed by atoms with Crippen LogP contribution in [0, 0.1) is 6.92 Å². The summed E-state index contributed by atoms with van der Waals surface area (Å²) in [6, 6.07) is 22.6. The van der Waals surface area contributed by atoms with Crippen LogP contribution in [0.3, 0.4) is 0 Å². The van der Waals surface area contributed by atoms with Gasteiger partial charge in [-0.15, -0.1) is 0 Å². The molecule has 4 aromatic rings. The number of carbonyl (C=O) groups excluding carboxylic acids is 1. The third-order valence-corrected chi connectivity index (χ3v) is 8.89. The number of nitrogens with two attached hydrogens (primary N) is 1. The second-order valence-electron chi connectivity index (χ2n) is 10.6. The zero-order valence-corrected chi connectivity index (χ0v) is 25.0. The minimum absolute atomic E-state index is 0.0575. The van der Waals surface area contributed by atoms with Crippen LogP contribution in [-0.4, -0.2) is 37.4 Å². The molecule has 0 spiro atoms. The van der Waals surface area contributed by atoms with Crippen LogP contribution in [0.2, 0.25) is 5.02 Å². The lowest BCUT2D eigenvalue weighted by atomic mass is 10.0. The van der Waals surface area contributed by atoms with Crippen molar-refractivity contribution in [3.8, 4) is 0 Å². The number of nitrogens with one attached hydrogen (secondary N) is 1. The van der Waals surface area contributed by atoms with Gasteiger partial charge in [0.05, 0.1) is 22.2 Å². The summed E-state index contributed by atoms with van der Waals surface area (Å²) < 4.78 is 23.0. The van der Waals surface area contributed by atoms with Crippen molar-refractivity contribution in [3.05, 3.63) is 118 Å². The van der Waals surface area contributed by atoms with E-state index in [-0.39, 0.29) is 16.8 Å². The Bertz CT molecular complexity index is 1660. The van der Waals surface area contributed by atoms with Crippen LogP contribution < -0.4 is 15.4 Å². The molecule has 1 fully saturated rings. The number of rotatable bonds is 10. The van der Waals surface area contributed by atoms with Crippen molar-refractivity contribution in [2.45, 2.75) is 50.0 Å². The Morgan fingerprint density at radius 1 is 1.02 bits per heavy atom. The smallest absolute Gasteiger partial charge is 0.254 e. The number of aromatic nitrogens is 2. The fourth-order valence-electron chi connectivity index (χ4n) is 5.37. The minimum atomic E-state index is -3.75. The maximum Gasteiger partial charge on any atom is 0.254 e. The van der Waals surface area contributed by atoms with Crippen molar-refractivity contribution in [2.24, 2.45) is 5.14 Å². The molecule has 10 heteroatoms. The number of amides is 1. The first kappa shape index (κ1) is 29.7.